The van der Waals surface area contributed by atoms with E-state index in [4.69, 9.17) is 5.10 Å². The van der Waals surface area contributed by atoms with Crippen LogP contribution in [0.2, 0.25) is 0 Å². The van der Waals surface area contributed by atoms with Gasteiger partial charge in [-0.2, -0.15) is 5.10 Å². The molecule has 1 aromatic heterocycles. The molecule has 0 radical (unpaired) electrons. The van der Waals surface area contributed by atoms with Crippen LogP contribution in [0.3, 0.4) is 0 Å². The molecule has 2 fully saturated rings. The third-order valence-corrected chi connectivity index (χ3v) is 6.51. The van der Waals surface area contributed by atoms with Crippen LogP contribution >= 0.6 is 0 Å². The Hall–Kier alpha value is -2.92. The van der Waals surface area contributed by atoms with Crippen molar-refractivity contribution >= 4 is 5.97 Å². The van der Waals surface area contributed by atoms with Gasteiger partial charge in [0.1, 0.15) is 0 Å². The van der Waals surface area contributed by atoms with Crippen LogP contribution in [0.5, 0.6) is 0 Å². The Labute approximate surface area is 170 Å². The zero-order valence-corrected chi connectivity index (χ0v) is 16.5. The Morgan fingerprint density at radius 3 is 2.52 bits per heavy atom. The average Bonchev–Trinajstić information content (AvgIpc) is 3.32. The number of carboxylic acid groups (broad SMARTS) is 1. The monoisotopic (exact) mass is 387 g/mol. The molecule has 148 valence electrons. The fourth-order valence-electron chi connectivity index (χ4n) is 4.67. The molecule has 2 aliphatic carbocycles. The summed E-state index contributed by atoms with van der Waals surface area (Å²) < 4.78 is 1.94. The Morgan fingerprint density at radius 1 is 1.14 bits per heavy atom. The van der Waals surface area contributed by atoms with E-state index in [0.717, 1.165) is 48.3 Å². The first kappa shape index (κ1) is 18.1. The van der Waals surface area contributed by atoms with Crippen LogP contribution in [0.15, 0.2) is 60.8 Å². The average molecular weight is 387 g/mol. The van der Waals surface area contributed by atoms with Crippen LogP contribution in [-0.4, -0.2) is 26.9 Å². The van der Waals surface area contributed by atoms with Crippen molar-refractivity contribution in [3.63, 3.8) is 0 Å². The lowest BCUT2D eigenvalue weighted by molar-refractivity contribution is -0.140. The molecule has 5 heteroatoms. The maximum atomic E-state index is 11.2. The summed E-state index contributed by atoms with van der Waals surface area (Å²) in [6.45, 7) is 2.82. The summed E-state index contributed by atoms with van der Waals surface area (Å²) in [7, 11) is 0. The van der Waals surface area contributed by atoms with Gasteiger partial charge in [0.25, 0.3) is 0 Å². The molecule has 1 heterocycles. The van der Waals surface area contributed by atoms with Crippen molar-refractivity contribution in [3.8, 4) is 16.9 Å². The molecule has 1 unspecified atom stereocenters. The quantitative estimate of drug-likeness (QED) is 0.666. The third kappa shape index (κ3) is 3.36. The molecule has 0 bridgehead atoms. The highest BCUT2D eigenvalue weighted by Gasteiger charge is 2.64. The van der Waals surface area contributed by atoms with Crippen molar-refractivity contribution in [3.05, 3.63) is 71.9 Å². The van der Waals surface area contributed by atoms with Gasteiger partial charge in [-0.3, -0.25) is 4.79 Å². The molecule has 5 rings (SSSR count). The predicted octanol–water partition coefficient (Wildman–Crippen LogP) is 4.19. The summed E-state index contributed by atoms with van der Waals surface area (Å²) >= 11 is 0. The van der Waals surface area contributed by atoms with E-state index in [2.05, 4.69) is 54.8 Å². The smallest absolute Gasteiger partial charge is 0.307 e. The molecule has 29 heavy (non-hydrogen) atoms. The van der Waals surface area contributed by atoms with E-state index in [1.165, 1.54) is 5.56 Å². The number of hydrogen-bond acceptors (Lipinski definition) is 3. The molecule has 2 N–H and O–H groups in total. The summed E-state index contributed by atoms with van der Waals surface area (Å²) in [6, 6.07) is 19.0. The largest absolute Gasteiger partial charge is 0.481 e. The molecule has 0 aliphatic heterocycles. The summed E-state index contributed by atoms with van der Waals surface area (Å²) in [6.07, 6.45) is 4.89. The number of aromatic nitrogens is 2. The second-order valence-corrected chi connectivity index (χ2v) is 8.59. The fourth-order valence-corrected chi connectivity index (χ4v) is 4.67. The molecule has 1 atom stereocenters. The highest BCUT2D eigenvalue weighted by molar-refractivity contribution is 5.75. The number of aliphatic carboxylic acids is 1. The lowest BCUT2D eigenvalue weighted by Gasteiger charge is -2.37. The fraction of sp³-hybridized carbons (Fsp3) is 0.333. The number of carboxylic acids is 1. The highest BCUT2D eigenvalue weighted by Crippen LogP contribution is 2.65. The summed E-state index contributed by atoms with van der Waals surface area (Å²) in [5.74, 6) is -0.751. The van der Waals surface area contributed by atoms with Crippen molar-refractivity contribution in [2.45, 2.75) is 38.8 Å². The summed E-state index contributed by atoms with van der Waals surface area (Å²) in [5.41, 5.74) is 5.61. The van der Waals surface area contributed by atoms with Crippen LogP contribution in [0.4, 0.5) is 0 Å². The lowest BCUT2D eigenvalue weighted by Crippen LogP contribution is -2.43. The van der Waals surface area contributed by atoms with Crippen LogP contribution < -0.4 is 5.32 Å². The second-order valence-electron chi connectivity index (χ2n) is 8.59. The molecule has 5 nitrogen and oxygen atoms in total. The van der Waals surface area contributed by atoms with Crippen molar-refractivity contribution in [2.24, 2.45) is 11.3 Å². The molecule has 0 saturated heterocycles. The zero-order valence-electron chi connectivity index (χ0n) is 16.5. The van der Waals surface area contributed by atoms with E-state index in [0.29, 0.717) is 6.04 Å². The van der Waals surface area contributed by atoms with Gasteiger partial charge in [-0.15, -0.1) is 0 Å². The van der Waals surface area contributed by atoms with Gasteiger partial charge in [-0.25, -0.2) is 4.68 Å². The first-order valence-corrected chi connectivity index (χ1v) is 10.2. The first-order chi connectivity index (χ1) is 14.0. The van der Waals surface area contributed by atoms with Crippen molar-refractivity contribution in [1.82, 2.24) is 15.1 Å². The Bertz CT molecular complexity index is 1030. The maximum Gasteiger partial charge on any atom is 0.307 e. The number of benzene rings is 2. The van der Waals surface area contributed by atoms with Gasteiger partial charge in [0, 0.05) is 29.9 Å². The van der Waals surface area contributed by atoms with E-state index < -0.39 is 5.97 Å². The second kappa shape index (κ2) is 6.85. The van der Waals surface area contributed by atoms with Crippen molar-refractivity contribution in [1.29, 1.82) is 0 Å². The number of rotatable bonds is 6. The summed E-state index contributed by atoms with van der Waals surface area (Å²) in [4.78, 5) is 11.2. The van der Waals surface area contributed by atoms with E-state index in [9.17, 15) is 9.90 Å². The first-order valence-electron chi connectivity index (χ1n) is 10.2. The topological polar surface area (TPSA) is 67.2 Å². The number of nitrogens with one attached hydrogen (secondary N) is 1. The number of hydrogen-bond donors (Lipinski definition) is 2. The Kier molecular flexibility index (Phi) is 4.28. The van der Waals surface area contributed by atoms with Gasteiger partial charge in [-0.1, -0.05) is 48.0 Å². The molecular weight excluding hydrogens is 362 g/mol. The van der Waals surface area contributed by atoms with Gasteiger partial charge >= 0.3 is 5.97 Å². The minimum absolute atomic E-state index is 0.0809. The minimum atomic E-state index is -0.630. The van der Waals surface area contributed by atoms with Gasteiger partial charge in [0.15, 0.2) is 0 Å². The number of para-hydroxylation sites is 1. The van der Waals surface area contributed by atoms with Gasteiger partial charge in [-0.05, 0) is 43.7 Å². The highest BCUT2D eigenvalue weighted by atomic mass is 16.4. The molecule has 2 aliphatic rings. The third-order valence-electron chi connectivity index (χ3n) is 6.51. The number of aryl methyl sites for hydroxylation is 1. The maximum absolute atomic E-state index is 11.2. The SMILES string of the molecule is Cc1ccc(-c2nn(-c3ccccc3)cc2CNC2CC3(C2)CC3C(=O)O)cc1. The Balaban J connectivity index is 1.35. The van der Waals surface area contributed by atoms with Crippen LogP contribution in [-0.2, 0) is 11.3 Å². The minimum Gasteiger partial charge on any atom is -0.481 e. The molecule has 2 aromatic carbocycles. The van der Waals surface area contributed by atoms with Crippen LogP contribution in [0, 0.1) is 18.3 Å². The van der Waals surface area contributed by atoms with Crippen molar-refractivity contribution < 1.29 is 9.90 Å². The molecule has 3 aromatic rings. The standard InChI is InChI=1S/C24H25N3O2/c1-16-7-9-17(10-8-16)22-18(15-27(26-22)20-5-3-2-4-6-20)14-25-19-11-24(12-19)13-21(24)23(28)29/h2-10,15,19,21,25H,11-14H2,1H3,(H,28,29). The number of nitrogens with zero attached hydrogens (tertiary/aromatic N) is 2. The van der Waals surface area contributed by atoms with Gasteiger partial charge < -0.3 is 10.4 Å². The molecule has 1 spiro atoms. The predicted molar refractivity (Wildman–Crippen MR) is 112 cm³/mol. The summed E-state index contributed by atoms with van der Waals surface area (Å²) in [5, 5.41) is 17.7. The molecule has 0 amide bonds. The van der Waals surface area contributed by atoms with E-state index in [1.54, 1.807) is 0 Å². The van der Waals surface area contributed by atoms with Crippen LogP contribution in [0.25, 0.3) is 16.9 Å². The molecule has 2 saturated carbocycles. The Morgan fingerprint density at radius 2 is 1.86 bits per heavy atom. The normalized spacial score (nSPS) is 25.0. The lowest BCUT2D eigenvalue weighted by atomic mass is 9.75. The van der Waals surface area contributed by atoms with Crippen molar-refractivity contribution in [2.75, 3.05) is 0 Å². The zero-order chi connectivity index (χ0) is 20.0. The number of carbonyl (C=O) groups is 1. The van der Waals surface area contributed by atoms with Gasteiger partial charge in [0.05, 0.1) is 17.3 Å². The van der Waals surface area contributed by atoms with E-state index in [1.807, 2.05) is 22.9 Å². The molecular formula is C24H25N3O2. The van der Waals surface area contributed by atoms with Gasteiger partial charge in [0.2, 0.25) is 0 Å². The van der Waals surface area contributed by atoms with Crippen LogP contribution in [0.1, 0.15) is 30.4 Å². The van der Waals surface area contributed by atoms with E-state index in [-0.39, 0.29) is 11.3 Å². The van der Waals surface area contributed by atoms with E-state index >= 15 is 0 Å².